The molecule has 1 aliphatic rings. The van der Waals surface area contributed by atoms with Crippen LogP contribution in [0.2, 0.25) is 0 Å². The summed E-state index contributed by atoms with van der Waals surface area (Å²) in [5, 5.41) is 28.0. The molecule has 1 heterocycles. The van der Waals surface area contributed by atoms with Crippen LogP contribution in [0.25, 0.3) is 0 Å². The lowest BCUT2D eigenvalue weighted by Crippen LogP contribution is -2.24. The van der Waals surface area contributed by atoms with E-state index in [2.05, 4.69) is 29.5 Å². The van der Waals surface area contributed by atoms with Gasteiger partial charge in [-0.1, -0.05) is 36.4 Å². The molecule has 0 saturated carbocycles. The number of rotatable bonds is 9. The zero-order chi connectivity index (χ0) is 22.4. The number of aromatic hydroxyl groups is 1. The number of benzene rings is 2. The number of nitrogens with zero attached hydrogens (tertiary/aromatic N) is 2. The SMILES string of the molecule is CC1=NN(CCCC(=O)O)C(=O)/C1=C\Nc1cccc(CCc2ccccc2C)c1O. The van der Waals surface area contributed by atoms with Gasteiger partial charge in [0.05, 0.1) is 17.0 Å². The van der Waals surface area contributed by atoms with Gasteiger partial charge in [-0.05, 0) is 55.9 Å². The zero-order valence-corrected chi connectivity index (χ0v) is 17.8. The predicted molar refractivity (Wildman–Crippen MR) is 120 cm³/mol. The maximum atomic E-state index is 12.5. The summed E-state index contributed by atoms with van der Waals surface area (Å²) in [5.74, 6) is -1.03. The number of aryl methyl sites for hydroxylation is 3. The minimum Gasteiger partial charge on any atom is -0.505 e. The molecular formula is C24H27N3O4. The Balaban J connectivity index is 1.66. The third-order valence-electron chi connectivity index (χ3n) is 5.30. The summed E-state index contributed by atoms with van der Waals surface area (Å²) in [7, 11) is 0. The summed E-state index contributed by atoms with van der Waals surface area (Å²) in [4.78, 5) is 23.2. The number of nitrogens with one attached hydrogen (secondary N) is 1. The number of phenolic OH excluding ortho intramolecular Hbond substituents is 1. The molecule has 3 N–H and O–H groups in total. The minimum atomic E-state index is -0.900. The van der Waals surface area contributed by atoms with Gasteiger partial charge in [0, 0.05) is 19.2 Å². The fourth-order valence-corrected chi connectivity index (χ4v) is 3.49. The Labute approximate surface area is 181 Å². The Hall–Kier alpha value is -3.61. The number of carbonyl (C=O) groups excluding carboxylic acids is 1. The van der Waals surface area contributed by atoms with E-state index in [1.54, 1.807) is 19.2 Å². The molecule has 3 rings (SSSR count). The van der Waals surface area contributed by atoms with Crippen LogP contribution in [0.4, 0.5) is 5.69 Å². The topological polar surface area (TPSA) is 102 Å². The molecule has 0 aliphatic carbocycles. The van der Waals surface area contributed by atoms with Crippen molar-refractivity contribution in [2.45, 2.75) is 39.5 Å². The smallest absolute Gasteiger partial charge is 0.303 e. The van der Waals surface area contributed by atoms with E-state index < -0.39 is 5.97 Å². The lowest BCUT2D eigenvalue weighted by molar-refractivity contribution is -0.137. The van der Waals surface area contributed by atoms with E-state index in [0.29, 0.717) is 29.8 Å². The number of aliphatic carboxylic acids is 1. The van der Waals surface area contributed by atoms with Crippen LogP contribution in [0.15, 0.2) is 59.3 Å². The first kappa shape index (κ1) is 22.1. The first-order valence-electron chi connectivity index (χ1n) is 10.3. The summed E-state index contributed by atoms with van der Waals surface area (Å²) in [6, 6.07) is 13.7. The normalized spacial score (nSPS) is 14.8. The number of amides is 1. The Kier molecular flexibility index (Phi) is 7.07. The van der Waals surface area contributed by atoms with Crippen molar-refractivity contribution in [2.24, 2.45) is 5.10 Å². The second-order valence-electron chi connectivity index (χ2n) is 7.55. The number of carboxylic acid groups (broad SMARTS) is 1. The Morgan fingerprint density at radius 1 is 1.10 bits per heavy atom. The number of carboxylic acids is 1. The quantitative estimate of drug-likeness (QED) is 0.421. The van der Waals surface area contributed by atoms with Crippen LogP contribution in [0.3, 0.4) is 0 Å². The third-order valence-corrected chi connectivity index (χ3v) is 5.30. The molecule has 2 aromatic rings. The summed E-state index contributed by atoms with van der Waals surface area (Å²) in [6.45, 7) is 4.05. The lowest BCUT2D eigenvalue weighted by atomic mass is 10.00. The fourth-order valence-electron chi connectivity index (χ4n) is 3.49. The lowest BCUT2D eigenvalue weighted by Gasteiger charge is -2.12. The van der Waals surface area contributed by atoms with Crippen LogP contribution in [-0.2, 0) is 22.4 Å². The summed E-state index contributed by atoms with van der Waals surface area (Å²) in [5.41, 5.74) is 4.74. The van der Waals surface area contributed by atoms with Gasteiger partial charge in [0.25, 0.3) is 5.91 Å². The average molecular weight is 421 g/mol. The predicted octanol–water partition coefficient (Wildman–Crippen LogP) is 3.86. The molecule has 31 heavy (non-hydrogen) atoms. The van der Waals surface area contributed by atoms with Crippen LogP contribution in [0, 0.1) is 6.92 Å². The molecule has 0 spiro atoms. The summed E-state index contributed by atoms with van der Waals surface area (Å²) < 4.78 is 0. The van der Waals surface area contributed by atoms with Crippen molar-refractivity contribution in [3.05, 3.63) is 70.9 Å². The van der Waals surface area contributed by atoms with E-state index in [1.165, 1.54) is 16.1 Å². The molecule has 162 valence electrons. The van der Waals surface area contributed by atoms with Gasteiger partial charge in [-0.15, -0.1) is 0 Å². The molecule has 1 amide bonds. The van der Waals surface area contributed by atoms with Crippen molar-refractivity contribution in [1.29, 1.82) is 0 Å². The van der Waals surface area contributed by atoms with Gasteiger partial charge >= 0.3 is 5.97 Å². The molecule has 0 atom stereocenters. The second-order valence-corrected chi connectivity index (χ2v) is 7.55. The van der Waals surface area contributed by atoms with Crippen LogP contribution in [-0.4, -0.2) is 39.4 Å². The molecule has 7 heteroatoms. The highest BCUT2D eigenvalue weighted by Gasteiger charge is 2.27. The third kappa shape index (κ3) is 5.51. The molecule has 0 fully saturated rings. The van der Waals surface area contributed by atoms with Crippen LogP contribution < -0.4 is 5.32 Å². The van der Waals surface area contributed by atoms with Crippen molar-refractivity contribution in [3.63, 3.8) is 0 Å². The molecule has 1 aliphatic heterocycles. The number of hydrazone groups is 1. The molecule has 0 bridgehead atoms. The number of para-hydroxylation sites is 1. The van der Waals surface area contributed by atoms with Gasteiger partial charge in [-0.2, -0.15) is 5.10 Å². The van der Waals surface area contributed by atoms with E-state index >= 15 is 0 Å². The molecule has 7 nitrogen and oxygen atoms in total. The molecule has 0 unspecified atom stereocenters. The molecular weight excluding hydrogens is 394 g/mol. The molecule has 2 aromatic carbocycles. The standard InChI is InChI=1S/C24H27N3O4/c1-16-7-3-4-8-18(16)12-13-19-9-5-10-21(23(19)30)25-15-20-17(2)26-27(24(20)31)14-6-11-22(28)29/h3-5,7-10,15,25,30H,6,11-14H2,1-2H3,(H,28,29)/b20-15-. The first-order chi connectivity index (χ1) is 14.9. The number of anilines is 1. The maximum Gasteiger partial charge on any atom is 0.303 e. The highest BCUT2D eigenvalue weighted by atomic mass is 16.4. The molecule has 0 saturated heterocycles. The number of hydrogen-bond donors (Lipinski definition) is 3. The number of phenols is 1. The minimum absolute atomic E-state index is 0.0151. The van der Waals surface area contributed by atoms with Gasteiger partial charge in [0.2, 0.25) is 0 Å². The highest BCUT2D eigenvalue weighted by molar-refractivity contribution is 6.23. The highest BCUT2D eigenvalue weighted by Crippen LogP contribution is 2.29. The van der Waals surface area contributed by atoms with E-state index in [9.17, 15) is 14.7 Å². The largest absolute Gasteiger partial charge is 0.505 e. The summed E-state index contributed by atoms with van der Waals surface area (Å²) in [6.07, 6.45) is 3.37. The van der Waals surface area contributed by atoms with Gasteiger partial charge in [0.1, 0.15) is 5.75 Å². The van der Waals surface area contributed by atoms with Crippen molar-refractivity contribution in [1.82, 2.24) is 5.01 Å². The molecule has 0 aromatic heterocycles. The zero-order valence-electron chi connectivity index (χ0n) is 17.8. The Morgan fingerprint density at radius 2 is 1.81 bits per heavy atom. The van der Waals surface area contributed by atoms with Gasteiger partial charge in [-0.25, -0.2) is 5.01 Å². The van der Waals surface area contributed by atoms with Crippen LogP contribution >= 0.6 is 0 Å². The van der Waals surface area contributed by atoms with Crippen molar-refractivity contribution >= 4 is 23.3 Å². The van der Waals surface area contributed by atoms with Gasteiger partial charge in [-0.3, -0.25) is 9.59 Å². The van der Waals surface area contributed by atoms with E-state index in [-0.39, 0.29) is 24.6 Å². The van der Waals surface area contributed by atoms with E-state index in [0.717, 1.165) is 12.0 Å². The second kappa shape index (κ2) is 9.93. The Bertz CT molecular complexity index is 1040. The van der Waals surface area contributed by atoms with E-state index in [1.807, 2.05) is 24.3 Å². The van der Waals surface area contributed by atoms with Crippen molar-refractivity contribution < 1.29 is 19.8 Å². The number of carbonyl (C=O) groups is 2. The van der Waals surface area contributed by atoms with Crippen LogP contribution in [0.5, 0.6) is 5.75 Å². The fraction of sp³-hybridized carbons (Fsp3) is 0.292. The summed E-state index contributed by atoms with van der Waals surface area (Å²) >= 11 is 0. The monoisotopic (exact) mass is 421 g/mol. The van der Waals surface area contributed by atoms with Crippen molar-refractivity contribution in [2.75, 3.05) is 11.9 Å². The van der Waals surface area contributed by atoms with Crippen molar-refractivity contribution in [3.8, 4) is 5.75 Å². The van der Waals surface area contributed by atoms with E-state index in [4.69, 9.17) is 5.11 Å². The van der Waals surface area contributed by atoms with Crippen LogP contribution in [0.1, 0.15) is 36.5 Å². The Morgan fingerprint density at radius 3 is 2.55 bits per heavy atom. The first-order valence-corrected chi connectivity index (χ1v) is 10.3. The van der Waals surface area contributed by atoms with Gasteiger partial charge < -0.3 is 15.5 Å². The maximum absolute atomic E-state index is 12.5. The van der Waals surface area contributed by atoms with Gasteiger partial charge in [0.15, 0.2) is 0 Å². The number of hydrogen-bond acceptors (Lipinski definition) is 5. The molecule has 0 radical (unpaired) electrons. The average Bonchev–Trinajstić information content (AvgIpc) is 3.00.